The number of aromatic nitrogens is 1. The molecule has 1 N–H and O–H groups in total. The number of carbonyl (C=O) groups is 1. The van der Waals surface area contributed by atoms with Crippen LogP contribution in [-0.4, -0.2) is 17.4 Å². The molecule has 2 heterocycles. The number of fused-ring (bicyclic) bond motifs is 1. The van der Waals surface area contributed by atoms with Crippen LogP contribution in [0.1, 0.15) is 0 Å². The highest BCUT2D eigenvalue weighted by Gasteiger charge is 2.02. The lowest BCUT2D eigenvalue weighted by Gasteiger charge is -1.90. The van der Waals surface area contributed by atoms with Gasteiger partial charge >= 0.3 is 0 Å². The third kappa shape index (κ3) is 0.655. The van der Waals surface area contributed by atoms with E-state index in [2.05, 4.69) is 15.0 Å². The summed E-state index contributed by atoms with van der Waals surface area (Å²) < 4.78 is 0. The van der Waals surface area contributed by atoms with Gasteiger partial charge in [0.25, 0.3) is 5.91 Å². The normalized spacial score (nSPS) is 15.4. The van der Waals surface area contributed by atoms with Gasteiger partial charge in [0, 0.05) is 6.20 Å². The Labute approximate surface area is 56.3 Å². The van der Waals surface area contributed by atoms with Crippen molar-refractivity contribution >= 4 is 5.91 Å². The molecule has 0 saturated heterocycles. The third-order valence-electron chi connectivity index (χ3n) is 1.32. The zero-order chi connectivity index (χ0) is 6.97. The van der Waals surface area contributed by atoms with Crippen LogP contribution in [0.25, 0.3) is 0 Å². The summed E-state index contributed by atoms with van der Waals surface area (Å²) in [7, 11) is 0. The molecule has 1 aliphatic rings. The molecule has 10 heavy (non-hydrogen) atoms. The first-order valence-electron chi connectivity index (χ1n) is 2.96. The van der Waals surface area contributed by atoms with Gasteiger partial charge in [-0.25, -0.2) is 4.99 Å². The topological polar surface area (TPSA) is 57.6 Å². The molecule has 4 heteroatoms. The summed E-state index contributed by atoms with van der Waals surface area (Å²) in [6.07, 6.45) is 1.72. The fourth-order valence-corrected chi connectivity index (χ4v) is 0.886. The second-order valence-corrected chi connectivity index (χ2v) is 2.03. The molecule has 1 aromatic rings. The minimum absolute atomic E-state index is 0.174. The van der Waals surface area contributed by atoms with E-state index < -0.39 is 0 Å². The molecule has 0 bridgehead atoms. The van der Waals surface area contributed by atoms with Crippen LogP contribution in [0.2, 0.25) is 0 Å². The second kappa shape index (κ2) is 1.76. The highest BCUT2D eigenvalue weighted by atomic mass is 16.1. The maximum Gasteiger partial charge on any atom is 0.268 e. The van der Waals surface area contributed by atoms with E-state index in [-0.39, 0.29) is 12.5 Å². The summed E-state index contributed by atoms with van der Waals surface area (Å²) in [5.74, 6) is -0.174. The van der Waals surface area contributed by atoms with Gasteiger partial charge < -0.3 is 4.98 Å². The fraction of sp³-hybridized carbons (Fsp3) is 0.167. The number of nitrogens with one attached hydrogen (secondary N) is 1. The van der Waals surface area contributed by atoms with Crippen LogP contribution in [0.15, 0.2) is 22.2 Å². The molecular formula is C6H5N3O. The first-order valence-corrected chi connectivity index (χ1v) is 2.96. The van der Waals surface area contributed by atoms with Crippen molar-refractivity contribution in [3.63, 3.8) is 0 Å². The van der Waals surface area contributed by atoms with Crippen molar-refractivity contribution in [1.82, 2.24) is 4.98 Å². The lowest BCUT2D eigenvalue weighted by Crippen LogP contribution is -2.30. The Bertz CT molecular complexity index is 376. The molecule has 1 amide bonds. The smallest absolute Gasteiger partial charge is 0.268 e. The van der Waals surface area contributed by atoms with Gasteiger partial charge in [-0.15, -0.1) is 0 Å². The summed E-state index contributed by atoms with van der Waals surface area (Å²) in [6.45, 7) is 0.174. The van der Waals surface area contributed by atoms with Crippen molar-refractivity contribution < 1.29 is 4.79 Å². The SMILES string of the molecule is O=C1CN=c2[nH]ccc2=N1. The Morgan fingerprint density at radius 1 is 1.60 bits per heavy atom. The Morgan fingerprint density at radius 2 is 2.50 bits per heavy atom. The number of hydrogen-bond acceptors (Lipinski definition) is 2. The number of H-pyrrole nitrogens is 1. The van der Waals surface area contributed by atoms with Crippen molar-refractivity contribution in [2.75, 3.05) is 6.54 Å². The number of rotatable bonds is 0. The Kier molecular flexibility index (Phi) is 0.943. The molecule has 4 nitrogen and oxygen atoms in total. The van der Waals surface area contributed by atoms with E-state index >= 15 is 0 Å². The quantitative estimate of drug-likeness (QED) is 0.477. The average Bonchev–Trinajstić information content (AvgIpc) is 2.33. The van der Waals surface area contributed by atoms with Gasteiger partial charge in [-0.3, -0.25) is 9.79 Å². The summed E-state index contributed by atoms with van der Waals surface area (Å²) >= 11 is 0. The zero-order valence-electron chi connectivity index (χ0n) is 5.16. The van der Waals surface area contributed by atoms with Crippen LogP contribution < -0.4 is 10.8 Å². The van der Waals surface area contributed by atoms with Gasteiger partial charge in [0.15, 0.2) is 5.49 Å². The van der Waals surface area contributed by atoms with Gasteiger partial charge in [0.1, 0.15) is 11.9 Å². The third-order valence-corrected chi connectivity index (χ3v) is 1.32. The summed E-state index contributed by atoms with van der Waals surface area (Å²) in [5.41, 5.74) is 0.708. The number of hydrogen-bond donors (Lipinski definition) is 1. The highest BCUT2D eigenvalue weighted by molar-refractivity contribution is 5.79. The largest absolute Gasteiger partial charge is 0.345 e. The first-order chi connectivity index (χ1) is 4.86. The van der Waals surface area contributed by atoms with E-state index in [9.17, 15) is 4.79 Å². The zero-order valence-corrected chi connectivity index (χ0v) is 5.16. The fourth-order valence-electron chi connectivity index (χ4n) is 0.886. The van der Waals surface area contributed by atoms with Crippen molar-refractivity contribution in [2.24, 2.45) is 9.98 Å². The molecule has 2 rings (SSSR count). The van der Waals surface area contributed by atoms with E-state index in [0.717, 1.165) is 0 Å². The first kappa shape index (κ1) is 5.34. The van der Waals surface area contributed by atoms with Crippen LogP contribution in [0.3, 0.4) is 0 Å². The van der Waals surface area contributed by atoms with Gasteiger partial charge in [-0.1, -0.05) is 0 Å². The standard InChI is InChI=1S/C6H5N3O/c10-5-3-8-6-4(9-5)1-2-7-6/h1-2H,3H2,(H,7,8). The maximum atomic E-state index is 10.6. The van der Waals surface area contributed by atoms with Crippen LogP contribution >= 0.6 is 0 Å². The predicted octanol–water partition coefficient (Wildman–Crippen LogP) is -1.21. The molecule has 0 unspecified atom stereocenters. The van der Waals surface area contributed by atoms with Crippen LogP contribution in [0.4, 0.5) is 0 Å². The molecule has 0 spiro atoms. The number of aromatic amines is 1. The molecule has 0 aromatic carbocycles. The second-order valence-electron chi connectivity index (χ2n) is 2.03. The van der Waals surface area contributed by atoms with Crippen LogP contribution in [-0.2, 0) is 4.79 Å². The number of nitrogens with zero attached hydrogens (tertiary/aromatic N) is 2. The predicted molar refractivity (Wildman–Crippen MR) is 33.0 cm³/mol. The van der Waals surface area contributed by atoms with E-state index in [1.165, 1.54) is 0 Å². The van der Waals surface area contributed by atoms with Crippen LogP contribution in [0.5, 0.6) is 0 Å². The average molecular weight is 135 g/mol. The maximum absolute atomic E-state index is 10.6. The lowest BCUT2D eigenvalue weighted by molar-refractivity contribution is -0.116. The number of carbonyl (C=O) groups excluding carboxylic acids is 1. The molecule has 0 radical (unpaired) electrons. The van der Waals surface area contributed by atoms with Crippen molar-refractivity contribution in [3.8, 4) is 0 Å². The molecule has 50 valence electrons. The van der Waals surface area contributed by atoms with Gasteiger partial charge in [-0.2, -0.15) is 0 Å². The minimum atomic E-state index is -0.174. The monoisotopic (exact) mass is 135 g/mol. The van der Waals surface area contributed by atoms with Crippen molar-refractivity contribution in [3.05, 3.63) is 23.1 Å². The molecule has 0 atom stereocenters. The molecule has 0 saturated carbocycles. The molecule has 0 aliphatic carbocycles. The number of amides is 1. The summed E-state index contributed by atoms with van der Waals surface area (Å²) in [5, 5.41) is 0.649. The van der Waals surface area contributed by atoms with Gasteiger partial charge in [0.05, 0.1) is 0 Å². The molecule has 1 aliphatic heterocycles. The molecule has 0 fully saturated rings. The van der Waals surface area contributed by atoms with Crippen molar-refractivity contribution in [2.45, 2.75) is 0 Å². The minimum Gasteiger partial charge on any atom is -0.345 e. The van der Waals surface area contributed by atoms with E-state index in [4.69, 9.17) is 0 Å². The Balaban J connectivity index is 2.85. The van der Waals surface area contributed by atoms with E-state index in [1.54, 1.807) is 12.3 Å². The molecule has 1 aromatic heterocycles. The summed E-state index contributed by atoms with van der Waals surface area (Å²) in [6, 6.07) is 1.73. The van der Waals surface area contributed by atoms with E-state index in [1.807, 2.05) is 0 Å². The van der Waals surface area contributed by atoms with Gasteiger partial charge in [0.2, 0.25) is 0 Å². The Hall–Kier alpha value is -1.45. The van der Waals surface area contributed by atoms with Crippen molar-refractivity contribution in [1.29, 1.82) is 0 Å². The van der Waals surface area contributed by atoms with E-state index in [0.29, 0.717) is 10.8 Å². The van der Waals surface area contributed by atoms with Crippen LogP contribution in [0, 0.1) is 0 Å². The Morgan fingerprint density at radius 3 is 3.40 bits per heavy atom. The van der Waals surface area contributed by atoms with Gasteiger partial charge in [-0.05, 0) is 6.07 Å². The highest BCUT2D eigenvalue weighted by Crippen LogP contribution is 1.78. The molecular weight excluding hydrogens is 130 g/mol. The summed E-state index contributed by atoms with van der Waals surface area (Å²) in [4.78, 5) is 21.2. The lowest BCUT2D eigenvalue weighted by atomic mass is 10.5.